The van der Waals surface area contributed by atoms with E-state index in [1.165, 1.54) is 17.5 Å². The van der Waals surface area contributed by atoms with Crippen molar-refractivity contribution in [2.45, 2.75) is 58.4 Å². The summed E-state index contributed by atoms with van der Waals surface area (Å²) in [6.45, 7) is 3.22. The van der Waals surface area contributed by atoms with Crippen molar-refractivity contribution in [2.75, 3.05) is 13.2 Å². The number of ether oxygens (including phenoxy) is 2. The lowest BCUT2D eigenvalue weighted by Crippen LogP contribution is -2.50. The molecule has 0 saturated carbocycles. The molecular weight excluding hydrogens is 400 g/mol. The van der Waals surface area contributed by atoms with Gasteiger partial charge in [0.25, 0.3) is 0 Å². The maximum absolute atomic E-state index is 12.5. The molecular formula is C23H28N2O6. The first-order chi connectivity index (χ1) is 14.9. The zero-order chi connectivity index (χ0) is 22.4. The highest BCUT2D eigenvalue weighted by Gasteiger charge is 2.30. The van der Waals surface area contributed by atoms with Crippen LogP contribution in [0, 0.1) is 0 Å². The zero-order valence-electron chi connectivity index (χ0n) is 17.9. The Morgan fingerprint density at radius 3 is 2.55 bits per heavy atom. The van der Waals surface area contributed by atoms with Crippen LogP contribution in [0.3, 0.4) is 0 Å². The number of urea groups is 1. The second kappa shape index (κ2) is 10.2. The van der Waals surface area contributed by atoms with Crippen LogP contribution in [0.2, 0.25) is 0 Å². The summed E-state index contributed by atoms with van der Waals surface area (Å²) in [5, 5.41) is 5.07. The van der Waals surface area contributed by atoms with Gasteiger partial charge in [-0.2, -0.15) is 0 Å². The Labute approximate surface area is 181 Å². The summed E-state index contributed by atoms with van der Waals surface area (Å²) in [5.41, 5.74) is 3.52. The highest BCUT2D eigenvalue weighted by Crippen LogP contribution is 2.23. The first kappa shape index (κ1) is 22.5. The van der Waals surface area contributed by atoms with E-state index in [-0.39, 0.29) is 43.1 Å². The van der Waals surface area contributed by atoms with Gasteiger partial charge in [0.2, 0.25) is 0 Å². The number of ketones is 1. The summed E-state index contributed by atoms with van der Waals surface area (Å²) in [7, 11) is 0. The third-order valence-corrected chi connectivity index (χ3v) is 5.47. The number of rotatable bonds is 8. The van der Waals surface area contributed by atoms with Crippen LogP contribution in [0.25, 0.3) is 0 Å². The van der Waals surface area contributed by atoms with Crippen LogP contribution in [0.4, 0.5) is 4.79 Å². The zero-order valence-corrected chi connectivity index (χ0v) is 17.9. The number of nitrogens with one attached hydrogen (secondary N) is 2. The normalized spacial score (nSPS) is 17.9. The van der Waals surface area contributed by atoms with Crippen LogP contribution in [0.1, 0.15) is 61.0 Å². The standard InChI is InChI=1S/C23H28N2O6/c1-3-30-22(28)21-14(2)24-23(29)25-18(21)13-31-20(27)11-10-19(26)17-9-8-15-6-4-5-7-16(15)12-17/h8-9,12,14H,3-7,10-11,13H2,1-2H3,(H2,24,25,29). The number of fused-ring (bicyclic) bond motifs is 1. The van der Waals surface area contributed by atoms with E-state index in [4.69, 9.17) is 9.47 Å². The fraction of sp³-hybridized carbons (Fsp3) is 0.478. The Bertz CT molecular complexity index is 921. The Morgan fingerprint density at radius 2 is 1.81 bits per heavy atom. The Balaban J connectivity index is 1.56. The second-order valence-corrected chi connectivity index (χ2v) is 7.71. The molecule has 0 fully saturated rings. The maximum atomic E-state index is 12.5. The minimum Gasteiger partial charge on any atom is -0.463 e. The number of carbonyl (C=O) groups is 4. The SMILES string of the molecule is CCOC(=O)C1=C(COC(=O)CCC(=O)c2ccc3c(c2)CCCC3)NC(=O)NC1C. The minimum absolute atomic E-state index is 0.0335. The predicted molar refractivity (Wildman–Crippen MR) is 112 cm³/mol. The van der Waals surface area contributed by atoms with Crippen LogP contribution in [-0.2, 0) is 31.9 Å². The van der Waals surface area contributed by atoms with Crippen molar-refractivity contribution in [1.82, 2.24) is 10.6 Å². The van der Waals surface area contributed by atoms with Crippen molar-refractivity contribution in [3.05, 3.63) is 46.2 Å². The number of Topliss-reactive ketones (excluding diaryl/α,β-unsaturated/α-hetero) is 1. The van der Waals surface area contributed by atoms with E-state index < -0.39 is 24.0 Å². The van der Waals surface area contributed by atoms with Crippen molar-refractivity contribution >= 4 is 23.8 Å². The minimum atomic E-state index is -0.587. The summed E-state index contributed by atoms with van der Waals surface area (Å²) in [5.74, 6) is -1.28. The van der Waals surface area contributed by atoms with Gasteiger partial charge in [-0.25, -0.2) is 9.59 Å². The van der Waals surface area contributed by atoms with Crippen LogP contribution in [-0.4, -0.2) is 43.0 Å². The molecule has 1 aromatic carbocycles. The summed E-state index contributed by atoms with van der Waals surface area (Å²) in [4.78, 5) is 48.6. The van der Waals surface area contributed by atoms with Crippen LogP contribution in [0.15, 0.2) is 29.5 Å². The first-order valence-corrected chi connectivity index (χ1v) is 10.7. The van der Waals surface area contributed by atoms with E-state index in [0.717, 1.165) is 19.3 Å². The third-order valence-electron chi connectivity index (χ3n) is 5.47. The molecule has 2 N–H and O–H groups in total. The van der Waals surface area contributed by atoms with Gasteiger partial charge in [0.05, 0.1) is 30.3 Å². The molecule has 3 rings (SSSR count). The third kappa shape index (κ3) is 5.71. The fourth-order valence-corrected chi connectivity index (χ4v) is 3.88. The van der Waals surface area contributed by atoms with Crippen LogP contribution >= 0.6 is 0 Å². The van der Waals surface area contributed by atoms with E-state index >= 15 is 0 Å². The average Bonchev–Trinajstić information content (AvgIpc) is 2.75. The molecule has 2 aliphatic rings. The molecule has 1 aliphatic carbocycles. The monoisotopic (exact) mass is 428 g/mol. The van der Waals surface area contributed by atoms with Crippen molar-refractivity contribution < 1.29 is 28.7 Å². The van der Waals surface area contributed by atoms with E-state index in [1.54, 1.807) is 13.8 Å². The van der Waals surface area contributed by atoms with Gasteiger partial charge in [0.1, 0.15) is 6.61 Å². The molecule has 1 unspecified atom stereocenters. The van der Waals surface area contributed by atoms with Crippen molar-refractivity contribution in [1.29, 1.82) is 0 Å². The first-order valence-electron chi connectivity index (χ1n) is 10.7. The molecule has 8 heteroatoms. The summed E-state index contributed by atoms with van der Waals surface area (Å²) in [6.07, 6.45) is 4.28. The Hall–Kier alpha value is -3.16. The quantitative estimate of drug-likeness (QED) is 0.486. The highest BCUT2D eigenvalue weighted by atomic mass is 16.5. The molecule has 0 spiro atoms. The van der Waals surface area contributed by atoms with E-state index in [2.05, 4.69) is 10.6 Å². The van der Waals surface area contributed by atoms with E-state index in [0.29, 0.717) is 5.56 Å². The van der Waals surface area contributed by atoms with Crippen molar-refractivity contribution in [2.24, 2.45) is 0 Å². The number of amides is 2. The van der Waals surface area contributed by atoms with Gasteiger partial charge in [-0.3, -0.25) is 9.59 Å². The fourth-order valence-electron chi connectivity index (χ4n) is 3.88. The molecule has 1 atom stereocenters. The largest absolute Gasteiger partial charge is 0.463 e. The predicted octanol–water partition coefficient (Wildman–Crippen LogP) is 2.59. The van der Waals surface area contributed by atoms with Gasteiger partial charge in [-0.1, -0.05) is 12.1 Å². The molecule has 166 valence electrons. The molecule has 0 saturated heterocycles. The van der Waals surface area contributed by atoms with Gasteiger partial charge in [-0.15, -0.1) is 0 Å². The summed E-state index contributed by atoms with van der Waals surface area (Å²) >= 11 is 0. The molecule has 8 nitrogen and oxygen atoms in total. The average molecular weight is 428 g/mol. The number of carbonyl (C=O) groups excluding carboxylic acids is 4. The summed E-state index contributed by atoms with van der Waals surface area (Å²) < 4.78 is 10.2. The van der Waals surface area contributed by atoms with Crippen molar-refractivity contribution in [3.8, 4) is 0 Å². The smallest absolute Gasteiger partial charge is 0.338 e. The number of aryl methyl sites for hydroxylation is 2. The lowest BCUT2D eigenvalue weighted by Gasteiger charge is -2.26. The van der Waals surface area contributed by atoms with Crippen LogP contribution < -0.4 is 10.6 Å². The molecule has 1 aromatic rings. The number of hydrogen-bond acceptors (Lipinski definition) is 6. The van der Waals surface area contributed by atoms with Gasteiger partial charge in [-0.05, 0) is 56.7 Å². The molecule has 1 heterocycles. The van der Waals surface area contributed by atoms with E-state index in [1.807, 2.05) is 18.2 Å². The van der Waals surface area contributed by atoms with Gasteiger partial charge < -0.3 is 20.1 Å². The lowest BCUT2D eigenvalue weighted by molar-refractivity contribution is -0.143. The summed E-state index contributed by atoms with van der Waals surface area (Å²) in [6, 6.07) is 4.69. The maximum Gasteiger partial charge on any atom is 0.338 e. The highest BCUT2D eigenvalue weighted by molar-refractivity contribution is 5.98. The topological polar surface area (TPSA) is 111 Å². The van der Waals surface area contributed by atoms with Crippen LogP contribution in [0.5, 0.6) is 0 Å². The van der Waals surface area contributed by atoms with E-state index in [9.17, 15) is 19.2 Å². The molecule has 0 radical (unpaired) electrons. The van der Waals surface area contributed by atoms with Gasteiger partial charge in [0, 0.05) is 12.0 Å². The molecule has 0 bridgehead atoms. The second-order valence-electron chi connectivity index (χ2n) is 7.71. The molecule has 2 amide bonds. The number of esters is 2. The number of benzene rings is 1. The molecule has 31 heavy (non-hydrogen) atoms. The molecule has 0 aromatic heterocycles. The van der Waals surface area contributed by atoms with Gasteiger partial charge in [0.15, 0.2) is 5.78 Å². The Morgan fingerprint density at radius 1 is 1.06 bits per heavy atom. The number of hydrogen-bond donors (Lipinski definition) is 2. The lowest BCUT2D eigenvalue weighted by atomic mass is 9.89. The van der Waals surface area contributed by atoms with Crippen molar-refractivity contribution in [3.63, 3.8) is 0 Å². The Kier molecular flexibility index (Phi) is 7.44. The van der Waals surface area contributed by atoms with Gasteiger partial charge >= 0.3 is 18.0 Å². The molecule has 1 aliphatic heterocycles.